The molecule has 1 aromatic heterocycles. The summed E-state index contributed by atoms with van der Waals surface area (Å²) in [7, 11) is 2.11. The first-order chi connectivity index (χ1) is 8.24. The van der Waals surface area contributed by atoms with Gasteiger partial charge in [0.05, 0.1) is 13.2 Å². The molecule has 6 nitrogen and oxygen atoms in total. The van der Waals surface area contributed by atoms with Crippen LogP contribution in [-0.4, -0.2) is 52.5 Å². The SMILES string of the molecule is CN1CCC(c2nc3n(n2)CCOC3)C(N)C1. The van der Waals surface area contributed by atoms with Crippen LogP contribution in [0.5, 0.6) is 0 Å². The zero-order valence-corrected chi connectivity index (χ0v) is 10.2. The average Bonchev–Trinajstić information content (AvgIpc) is 2.72. The Kier molecular flexibility index (Phi) is 2.85. The fourth-order valence-electron chi connectivity index (χ4n) is 2.62. The predicted octanol–water partition coefficient (Wildman–Crippen LogP) is -0.445. The minimum atomic E-state index is 0.138. The summed E-state index contributed by atoms with van der Waals surface area (Å²) in [5.41, 5.74) is 6.20. The quantitative estimate of drug-likeness (QED) is 0.717. The number of rotatable bonds is 1. The molecule has 0 aromatic carbocycles. The zero-order chi connectivity index (χ0) is 11.8. The lowest BCUT2D eigenvalue weighted by atomic mass is 9.92. The molecule has 3 rings (SSSR count). The summed E-state index contributed by atoms with van der Waals surface area (Å²) >= 11 is 0. The minimum Gasteiger partial charge on any atom is -0.372 e. The Labute approximate surface area is 101 Å². The van der Waals surface area contributed by atoms with E-state index in [4.69, 9.17) is 10.5 Å². The lowest BCUT2D eigenvalue weighted by Crippen LogP contribution is -2.46. The molecule has 1 aromatic rings. The number of likely N-dealkylation sites (tertiary alicyclic amines) is 1. The standard InChI is InChI=1S/C11H19N5O/c1-15-3-2-8(9(12)6-15)11-13-10-7-17-5-4-16(10)14-11/h8-9H,2-7,12H2,1H3. The van der Waals surface area contributed by atoms with Crippen molar-refractivity contribution >= 4 is 0 Å². The van der Waals surface area contributed by atoms with Gasteiger partial charge >= 0.3 is 0 Å². The van der Waals surface area contributed by atoms with Crippen molar-refractivity contribution < 1.29 is 4.74 Å². The third-order valence-electron chi connectivity index (χ3n) is 3.64. The Balaban J connectivity index is 1.81. The normalized spacial score (nSPS) is 30.2. The van der Waals surface area contributed by atoms with Crippen LogP contribution in [0.15, 0.2) is 0 Å². The van der Waals surface area contributed by atoms with Crippen molar-refractivity contribution in [3.05, 3.63) is 11.6 Å². The molecule has 1 fully saturated rings. The van der Waals surface area contributed by atoms with Gasteiger partial charge < -0.3 is 15.4 Å². The van der Waals surface area contributed by atoms with Crippen molar-refractivity contribution in [2.24, 2.45) is 5.73 Å². The summed E-state index contributed by atoms with van der Waals surface area (Å²) < 4.78 is 7.34. The summed E-state index contributed by atoms with van der Waals surface area (Å²) in [6, 6.07) is 0.138. The van der Waals surface area contributed by atoms with Gasteiger partial charge in [-0.3, -0.25) is 0 Å². The molecule has 2 unspecified atom stereocenters. The molecule has 0 radical (unpaired) electrons. The van der Waals surface area contributed by atoms with E-state index in [0.29, 0.717) is 12.5 Å². The number of aromatic nitrogens is 3. The molecule has 2 atom stereocenters. The van der Waals surface area contributed by atoms with Gasteiger partial charge in [-0.15, -0.1) is 0 Å². The van der Waals surface area contributed by atoms with E-state index in [9.17, 15) is 0 Å². The van der Waals surface area contributed by atoms with Crippen molar-refractivity contribution in [2.45, 2.75) is 31.5 Å². The van der Waals surface area contributed by atoms with E-state index in [1.165, 1.54) is 0 Å². The molecule has 0 bridgehead atoms. The third-order valence-corrected chi connectivity index (χ3v) is 3.64. The van der Waals surface area contributed by atoms with Crippen LogP contribution >= 0.6 is 0 Å². The fourth-order valence-corrected chi connectivity index (χ4v) is 2.62. The highest BCUT2D eigenvalue weighted by atomic mass is 16.5. The first-order valence-corrected chi connectivity index (χ1v) is 6.19. The highest BCUT2D eigenvalue weighted by Crippen LogP contribution is 2.25. The van der Waals surface area contributed by atoms with E-state index >= 15 is 0 Å². The maximum Gasteiger partial charge on any atom is 0.155 e. The molecule has 94 valence electrons. The summed E-state index contributed by atoms with van der Waals surface area (Å²) in [6.07, 6.45) is 1.04. The molecule has 2 aliphatic heterocycles. The molecule has 3 heterocycles. The van der Waals surface area contributed by atoms with Crippen LogP contribution in [0, 0.1) is 0 Å². The second-order valence-corrected chi connectivity index (χ2v) is 4.98. The number of nitrogens with two attached hydrogens (primary N) is 1. The monoisotopic (exact) mass is 237 g/mol. The van der Waals surface area contributed by atoms with E-state index in [1.54, 1.807) is 0 Å². The number of ether oxygens (including phenoxy) is 1. The van der Waals surface area contributed by atoms with Gasteiger partial charge in [0.1, 0.15) is 6.61 Å². The van der Waals surface area contributed by atoms with Crippen LogP contribution in [0.2, 0.25) is 0 Å². The number of likely N-dealkylation sites (N-methyl/N-ethyl adjacent to an activating group) is 1. The van der Waals surface area contributed by atoms with Gasteiger partial charge in [-0.25, -0.2) is 9.67 Å². The Morgan fingerprint density at radius 3 is 3.06 bits per heavy atom. The second kappa shape index (κ2) is 4.36. The molecular formula is C11H19N5O. The maximum absolute atomic E-state index is 6.20. The average molecular weight is 237 g/mol. The van der Waals surface area contributed by atoms with Crippen molar-refractivity contribution in [1.82, 2.24) is 19.7 Å². The van der Waals surface area contributed by atoms with Gasteiger partial charge in [0, 0.05) is 18.5 Å². The molecule has 0 spiro atoms. The smallest absolute Gasteiger partial charge is 0.155 e. The van der Waals surface area contributed by atoms with Crippen molar-refractivity contribution in [2.75, 3.05) is 26.7 Å². The molecular weight excluding hydrogens is 218 g/mol. The topological polar surface area (TPSA) is 69.2 Å². The molecule has 2 aliphatic rings. The van der Waals surface area contributed by atoms with Crippen molar-refractivity contribution in [3.63, 3.8) is 0 Å². The van der Waals surface area contributed by atoms with Crippen LogP contribution < -0.4 is 5.73 Å². The second-order valence-electron chi connectivity index (χ2n) is 4.98. The summed E-state index contributed by atoms with van der Waals surface area (Å²) in [4.78, 5) is 6.84. The van der Waals surface area contributed by atoms with Gasteiger partial charge in [-0.2, -0.15) is 5.10 Å². The van der Waals surface area contributed by atoms with Crippen molar-refractivity contribution in [3.8, 4) is 0 Å². The predicted molar refractivity (Wildman–Crippen MR) is 62.5 cm³/mol. The summed E-state index contributed by atoms with van der Waals surface area (Å²) in [6.45, 7) is 4.11. The molecule has 0 saturated carbocycles. The molecule has 6 heteroatoms. The zero-order valence-electron chi connectivity index (χ0n) is 10.2. The first-order valence-electron chi connectivity index (χ1n) is 6.19. The summed E-state index contributed by atoms with van der Waals surface area (Å²) in [5.74, 6) is 2.15. The van der Waals surface area contributed by atoms with Crippen molar-refractivity contribution in [1.29, 1.82) is 0 Å². The lowest BCUT2D eigenvalue weighted by Gasteiger charge is -2.32. The number of nitrogens with zero attached hydrogens (tertiary/aromatic N) is 4. The molecule has 0 aliphatic carbocycles. The van der Waals surface area contributed by atoms with E-state index in [-0.39, 0.29) is 6.04 Å². The van der Waals surface area contributed by atoms with Crippen LogP contribution in [0.1, 0.15) is 24.0 Å². The van der Waals surface area contributed by atoms with Crippen LogP contribution in [0.25, 0.3) is 0 Å². The first kappa shape index (κ1) is 11.1. The number of fused-ring (bicyclic) bond motifs is 1. The van der Waals surface area contributed by atoms with E-state index < -0.39 is 0 Å². The van der Waals surface area contributed by atoms with E-state index in [2.05, 4.69) is 22.0 Å². The molecule has 1 saturated heterocycles. The van der Waals surface area contributed by atoms with Gasteiger partial charge in [0.25, 0.3) is 0 Å². The van der Waals surface area contributed by atoms with E-state index in [0.717, 1.165) is 44.3 Å². The Morgan fingerprint density at radius 1 is 1.41 bits per heavy atom. The number of hydrogen-bond donors (Lipinski definition) is 1. The largest absolute Gasteiger partial charge is 0.372 e. The van der Waals surface area contributed by atoms with Gasteiger partial charge in [0.15, 0.2) is 11.6 Å². The summed E-state index contributed by atoms with van der Waals surface area (Å²) in [5, 5.41) is 4.58. The third kappa shape index (κ3) is 2.08. The Bertz CT molecular complexity index is 381. The molecule has 0 amide bonds. The van der Waals surface area contributed by atoms with Gasteiger partial charge in [-0.1, -0.05) is 0 Å². The van der Waals surface area contributed by atoms with Crippen LogP contribution in [0.4, 0.5) is 0 Å². The fraction of sp³-hybridized carbons (Fsp3) is 0.818. The van der Waals surface area contributed by atoms with Crippen LogP contribution in [-0.2, 0) is 17.9 Å². The van der Waals surface area contributed by atoms with Gasteiger partial charge in [0.2, 0.25) is 0 Å². The number of piperidine rings is 1. The molecule has 2 N–H and O–H groups in total. The highest BCUT2D eigenvalue weighted by Gasteiger charge is 2.30. The maximum atomic E-state index is 6.20. The molecule has 17 heavy (non-hydrogen) atoms. The van der Waals surface area contributed by atoms with Crippen LogP contribution in [0.3, 0.4) is 0 Å². The highest BCUT2D eigenvalue weighted by molar-refractivity contribution is 5.06. The van der Waals surface area contributed by atoms with E-state index in [1.807, 2.05) is 4.68 Å². The Morgan fingerprint density at radius 2 is 2.29 bits per heavy atom. The Hall–Kier alpha value is -0.980. The van der Waals surface area contributed by atoms with Gasteiger partial charge in [-0.05, 0) is 20.0 Å². The lowest BCUT2D eigenvalue weighted by molar-refractivity contribution is 0.0769. The minimum absolute atomic E-state index is 0.138. The number of hydrogen-bond acceptors (Lipinski definition) is 5.